The van der Waals surface area contributed by atoms with Crippen LogP contribution in [0, 0.1) is 0 Å². The Labute approximate surface area is 164 Å². The summed E-state index contributed by atoms with van der Waals surface area (Å²) in [6, 6.07) is 15.5. The molecule has 7 nitrogen and oxygen atoms in total. The smallest absolute Gasteiger partial charge is 0.253 e. The number of amides is 1. The second kappa shape index (κ2) is 8.22. The number of morpholine rings is 1. The first kappa shape index (κ1) is 18.2. The maximum absolute atomic E-state index is 13.0. The normalized spacial score (nSPS) is 15.2. The Morgan fingerprint density at radius 3 is 2.57 bits per heavy atom. The van der Waals surface area contributed by atoms with Gasteiger partial charge in [-0.2, -0.15) is 5.10 Å². The first-order valence-electron chi connectivity index (χ1n) is 9.40. The highest BCUT2D eigenvalue weighted by molar-refractivity contribution is 6.00. The molecule has 0 aliphatic carbocycles. The van der Waals surface area contributed by atoms with E-state index in [1.54, 1.807) is 11.0 Å². The number of anilines is 1. The number of para-hydroxylation sites is 1. The summed E-state index contributed by atoms with van der Waals surface area (Å²) < 4.78 is 7.13. The van der Waals surface area contributed by atoms with Crippen molar-refractivity contribution >= 4 is 11.6 Å². The fourth-order valence-corrected chi connectivity index (χ4v) is 3.36. The zero-order valence-electron chi connectivity index (χ0n) is 15.8. The van der Waals surface area contributed by atoms with Gasteiger partial charge < -0.3 is 15.0 Å². The lowest BCUT2D eigenvalue weighted by Crippen LogP contribution is -2.38. The van der Waals surface area contributed by atoms with Crippen LogP contribution in [-0.2, 0) is 4.74 Å². The molecule has 0 bridgehead atoms. The molecule has 3 aromatic rings. The van der Waals surface area contributed by atoms with Gasteiger partial charge in [0, 0.05) is 18.8 Å². The van der Waals surface area contributed by atoms with E-state index in [2.05, 4.69) is 20.3 Å². The average molecular weight is 377 g/mol. The van der Waals surface area contributed by atoms with Crippen molar-refractivity contribution < 1.29 is 9.53 Å². The molecule has 1 unspecified atom stereocenters. The van der Waals surface area contributed by atoms with E-state index in [9.17, 15) is 4.79 Å². The van der Waals surface area contributed by atoms with Gasteiger partial charge in [0.2, 0.25) is 0 Å². The summed E-state index contributed by atoms with van der Waals surface area (Å²) in [4.78, 5) is 19.1. The van der Waals surface area contributed by atoms with Crippen LogP contribution in [0.25, 0.3) is 5.69 Å². The maximum atomic E-state index is 13.0. The van der Waals surface area contributed by atoms with Gasteiger partial charge in [0.05, 0.1) is 30.5 Å². The highest BCUT2D eigenvalue weighted by Gasteiger charge is 2.19. The third-order valence-corrected chi connectivity index (χ3v) is 4.92. The van der Waals surface area contributed by atoms with Crippen LogP contribution < -0.4 is 10.2 Å². The molecule has 1 atom stereocenters. The van der Waals surface area contributed by atoms with Crippen LogP contribution in [0.5, 0.6) is 0 Å². The molecular weight excluding hydrogens is 354 g/mol. The summed E-state index contributed by atoms with van der Waals surface area (Å²) in [7, 11) is 0. The van der Waals surface area contributed by atoms with Crippen molar-refractivity contribution in [3.05, 3.63) is 72.3 Å². The highest BCUT2D eigenvalue weighted by Crippen LogP contribution is 2.23. The third kappa shape index (κ3) is 3.89. The number of aromatic nitrogens is 3. The predicted octanol–water partition coefficient (Wildman–Crippen LogP) is 2.59. The third-order valence-electron chi connectivity index (χ3n) is 4.92. The summed E-state index contributed by atoms with van der Waals surface area (Å²) in [5.74, 6) is -0.0741. The van der Waals surface area contributed by atoms with Crippen LogP contribution in [0.15, 0.2) is 61.2 Å². The molecule has 1 saturated heterocycles. The van der Waals surface area contributed by atoms with E-state index in [1.165, 1.54) is 6.33 Å². The number of hydrogen-bond acceptors (Lipinski definition) is 5. The summed E-state index contributed by atoms with van der Waals surface area (Å²) in [6.45, 7) is 4.95. The monoisotopic (exact) mass is 377 g/mol. The van der Waals surface area contributed by atoms with Gasteiger partial charge in [-0.15, -0.1) is 0 Å². The number of carbonyl (C=O) groups excluding carboxylic acids is 1. The standard InChI is InChI=1S/C21H23N5O2/c1-16(17-6-8-18(9-7-17)26-15-22-14-23-26)24-21(27)19-4-2-3-5-20(19)25-10-12-28-13-11-25/h2-9,14-16H,10-13H2,1H3,(H,24,27). The van der Waals surface area contributed by atoms with Crippen LogP contribution >= 0.6 is 0 Å². The molecular formula is C21H23N5O2. The van der Waals surface area contributed by atoms with E-state index in [4.69, 9.17) is 4.74 Å². The molecule has 2 heterocycles. The molecule has 28 heavy (non-hydrogen) atoms. The number of benzene rings is 2. The molecule has 0 spiro atoms. The Kier molecular flexibility index (Phi) is 5.34. The van der Waals surface area contributed by atoms with Gasteiger partial charge in [-0.3, -0.25) is 4.79 Å². The van der Waals surface area contributed by atoms with Crippen LogP contribution in [0.1, 0.15) is 28.9 Å². The first-order chi connectivity index (χ1) is 13.7. The Morgan fingerprint density at radius 2 is 1.86 bits per heavy atom. The number of hydrogen-bond donors (Lipinski definition) is 1. The minimum Gasteiger partial charge on any atom is -0.378 e. The summed E-state index contributed by atoms with van der Waals surface area (Å²) >= 11 is 0. The summed E-state index contributed by atoms with van der Waals surface area (Å²) in [6.07, 6.45) is 3.16. The quantitative estimate of drug-likeness (QED) is 0.740. The number of rotatable bonds is 5. The molecule has 7 heteroatoms. The molecule has 1 aliphatic heterocycles. The van der Waals surface area contributed by atoms with Gasteiger partial charge >= 0.3 is 0 Å². The minimum absolute atomic E-state index is 0.0741. The highest BCUT2D eigenvalue weighted by atomic mass is 16.5. The SMILES string of the molecule is CC(NC(=O)c1ccccc1N1CCOCC1)c1ccc(-n2cncn2)cc1. The summed E-state index contributed by atoms with van der Waals surface area (Å²) in [5.41, 5.74) is 3.60. The molecule has 1 amide bonds. The lowest BCUT2D eigenvalue weighted by atomic mass is 10.1. The van der Waals surface area contributed by atoms with Crippen LogP contribution in [0.2, 0.25) is 0 Å². The van der Waals surface area contributed by atoms with E-state index >= 15 is 0 Å². The summed E-state index contributed by atoms with van der Waals surface area (Å²) in [5, 5.41) is 7.24. The molecule has 1 aliphatic rings. The topological polar surface area (TPSA) is 72.3 Å². The lowest BCUT2D eigenvalue weighted by molar-refractivity contribution is 0.0938. The fourth-order valence-electron chi connectivity index (χ4n) is 3.36. The Morgan fingerprint density at radius 1 is 1.11 bits per heavy atom. The predicted molar refractivity (Wildman–Crippen MR) is 107 cm³/mol. The van der Waals surface area contributed by atoms with Crippen molar-refractivity contribution in [3.8, 4) is 5.69 Å². The zero-order chi connectivity index (χ0) is 19.3. The zero-order valence-corrected chi connectivity index (χ0v) is 15.8. The van der Waals surface area contributed by atoms with Crippen molar-refractivity contribution in [1.82, 2.24) is 20.1 Å². The Hall–Kier alpha value is -3.19. The van der Waals surface area contributed by atoms with Crippen molar-refractivity contribution in [2.45, 2.75) is 13.0 Å². The van der Waals surface area contributed by atoms with Crippen molar-refractivity contribution in [2.24, 2.45) is 0 Å². The van der Waals surface area contributed by atoms with Crippen LogP contribution in [0.3, 0.4) is 0 Å². The lowest BCUT2D eigenvalue weighted by Gasteiger charge is -2.30. The second-order valence-electron chi connectivity index (χ2n) is 6.74. The van der Waals surface area contributed by atoms with Gasteiger partial charge in [-0.25, -0.2) is 9.67 Å². The molecule has 1 fully saturated rings. The molecule has 1 aromatic heterocycles. The fraction of sp³-hybridized carbons (Fsp3) is 0.286. The van der Waals surface area contributed by atoms with E-state index in [-0.39, 0.29) is 11.9 Å². The first-order valence-corrected chi connectivity index (χ1v) is 9.40. The average Bonchev–Trinajstić information content (AvgIpc) is 3.29. The Bertz CT molecular complexity index is 918. The van der Waals surface area contributed by atoms with Crippen molar-refractivity contribution in [1.29, 1.82) is 0 Å². The Balaban J connectivity index is 1.47. The molecule has 2 aromatic carbocycles. The van der Waals surface area contributed by atoms with Gasteiger partial charge in [0.25, 0.3) is 5.91 Å². The second-order valence-corrected chi connectivity index (χ2v) is 6.74. The number of ether oxygens (including phenoxy) is 1. The van der Waals surface area contributed by atoms with E-state index < -0.39 is 0 Å². The van der Waals surface area contributed by atoms with Gasteiger partial charge in [0.1, 0.15) is 12.7 Å². The number of nitrogens with zero attached hydrogens (tertiary/aromatic N) is 4. The molecule has 0 radical (unpaired) electrons. The molecule has 4 rings (SSSR count). The minimum atomic E-state index is -0.116. The number of carbonyl (C=O) groups is 1. The van der Waals surface area contributed by atoms with Crippen molar-refractivity contribution in [2.75, 3.05) is 31.2 Å². The molecule has 1 N–H and O–H groups in total. The van der Waals surface area contributed by atoms with E-state index in [1.807, 2.05) is 55.5 Å². The van der Waals surface area contributed by atoms with E-state index in [0.29, 0.717) is 18.8 Å². The van der Waals surface area contributed by atoms with Crippen molar-refractivity contribution in [3.63, 3.8) is 0 Å². The number of nitrogens with one attached hydrogen (secondary N) is 1. The molecule has 0 saturated carbocycles. The van der Waals surface area contributed by atoms with Crippen LogP contribution in [-0.4, -0.2) is 47.0 Å². The van der Waals surface area contributed by atoms with Crippen LogP contribution in [0.4, 0.5) is 5.69 Å². The van der Waals surface area contributed by atoms with Gasteiger partial charge in [-0.05, 0) is 36.8 Å². The van der Waals surface area contributed by atoms with Gasteiger partial charge in [-0.1, -0.05) is 24.3 Å². The van der Waals surface area contributed by atoms with E-state index in [0.717, 1.165) is 30.0 Å². The van der Waals surface area contributed by atoms with Gasteiger partial charge in [0.15, 0.2) is 0 Å². The maximum Gasteiger partial charge on any atom is 0.253 e. The largest absolute Gasteiger partial charge is 0.378 e. The molecule has 144 valence electrons.